The van der Waals surface area contributed by atoms with Gasteiger partial charge in [-0.3, -0.25) is 0 Å². The van der Waals surface area contributed by atoms with Crippen LogP contribution in [0.2, 0.25) is 0 Å². The second-order valence-corrected chi connectivity index (χ2v) is 4.79. The fourth-order valence-corrected chi connectivity index (χ4v) is 2.46. The largest absolute Gasteiger partial charge is 0.390 e. The van der Waals surface area contributed by atoms with Gasteiger partial charge in [0.05, 0.1) is 11.7 Å². The van der Waals surface area contributed by atoms with Gasteiger partial charge in [-0.25, -0.2) is 0 Å². The molecule has 0 bridgehead atoms. The van der Waals surface area contributed by atoms with E-state index in [1.54, 1.807) is 0 Å². The van der Waals surface area contributed by atoms with Crippen molar-refractivity contribution in [2.24, 2.45) is 11.8 Å². The number of hydrogen-bond acceptors (Lipinski definition) is 2. The summed E-state index contributed by atoms with van der Waals surface area (Å²) in [6.45, 7) is 6.47. The van der Waals surface area contributed by atoms with E-state index in [1.807, 2.05) is 0 Å². The fourth-order valence-electron chi connectivity index (χ4n) is 2.46. The first-order valence-electron chi connectivity index (χ1n) is 4.90. The Morgan fingerprint density at radius 1 is 1.50 bits per heavy atom. The van der Waals surface area contributed by atoms with Crippen LogP contribution in [0.1, 0.15) is 33.6 Å². The fraction of sp³-hybridized carbons (Fsp3) is 1.00. The van der Waals surface area contributed by atoms with Crippen molar-refractivity contribution in [3.05, 3.63) is 0 Å². The molecule has 1 heterocycles. The first-order valence-corrected chi connectivity index (χ1v) is 4.90. The van der Waals surface area contributed by atoms with Crippen molar-refractivity contribution in [2.75, 3.05) is 0 Å². The van der Waals surface area contributed by atoms with Gasteiger partial charge < -0.3 is 9.84 Å². The minimum atomic E-state index is -0.219. The summed E-state index contributed by atoms with van der Waals surface area (Å²) in [4.78, 5) is 0. The van der Waals surface area contributed by atoms with E-state index in [9.17, 15) is 5.11 Å². The third-order valence-corrected chi connectivity index (χ3v) is 3.52. The zero-order valence-electron chi connectivity index (χ0n) is 8.08. The highest BCUT2D eigenvalue weighted by Gasteiger charge is 2.60. The number of fused-ring (bicyclic) bond motifs is 1. The molecule has 70 valence electrons. The van der Waals surface area contributed by atoms with Gasteiger partial charge in [-0.15, -0.1) is 0 Å². The van der Waals surface area contributed by atoms with Gasteiger partial charge in [0, 0.05) is 0 Å². The molecule has 1 saturated heterocycles. The highest BCUT2D eigenvalue weighted by molar-refractivity contribution is 5.08. The first kappa shape index (κ1) is 8.52. The van der Waals surface area contributed by atoms with E-state index < -0.39 is 0 Å². The number of rotatable bonds is 1. The molecule has 0 aromatic carbocycles. The van der Waals surface area contributed by atoms with Crippen molar-refractivity contribution in [2.45, 2.75) is 51.4 Å². The summed E-state index contributed by atoms with van der Waals surface area (Å²) in [5.74, 6) is 1.03. The zero-order valence-corrected chi connectivity index (χ0v) is 8.08. The van der Waals surface area contributed by atoms with Crippen LogP contribution in [-0.2, 0) is 4.74 Å². The lowest BCUT2D eigenvalue weighted by Crippen LogP contribution is -2.38. The van der Waals surface area contributed by atoms with Crippen LogP contribution in [0.3, 0.4) is 0 Å². The van der Waals surface area contributed by atoms with Crippen LogP contribution in [0, 0.1) is 11.8 Å². The maximum absolute atomic E-state index is 9.89. The molecule has 1 aliphatic carbocycles. The van der Waals surface area contributed by atoms with E-state index in [0.29, 0.717) is 11.8 Å². The van der Waals surface area contributed by atoms with Gasteiger partial charge in [-0.05, 0) is 31.6 Å². The standard InChI is InChI=1S/C10H18O2/c1-6(2)7-4-5-10(3)9(12-10)8(7)11/h6-9,11H,4-5H2,1-3H3/t7?,8?,9-,10+/m0/s1. The minimum absolute atomic E-state index is 0.0325. The number of aliphatic hydroxyl groups is 1. The molecule has 2 fully saturated rings. The average Bonchev–Trinajstić information content (AvgIpc) is 2.62. The quantitative estimate of drug-likeness (QED) is 0.606. The minimum Gasteiger partial charge on any atom is -0.390 e. The van der Waals surface area contributed by atoms with Gasteiger partial charge in [0.1, 0.15) is 6.10 Å². The molecule has 1 N–H and O–H groups in total. The SMILES string of the molecule is CC(C)C1CC[C@@]2(C)O[C@H]2C1O. The van der Waals surface area contributed by atoms with Gasteiger partial charge in [0.25, 0.3) is 0 Å². The molecule has 2 rings (SSSR count). The predicted molar refractivity (Wildman–Crippen MR) is 46.8 cm³/mol. The predicted octanol–water partition coefficient (Wildman–Crippen LogP) is 1.57. The van der Waals surface area contributed by atoms with Gasteiger partial charge in [-0.2, -0.15) is 0 Å². The van der Waals surface area contributed by atoms with Crippen LogP contribution >= 0.6 is 0 Å². The van der Waals surface area contributed by atoms with Crippen molar-refractivity contribution in [1.29, 1.82) is 0 Å². The van der Waals surface area contributed by atoms with Gasteiger partial charge >= 0.3 is 0 Å². The van der Waals surface area contributed by atoms with E-state index in [2.05, 4.69) is 20.8 Å². The van der Waals surface area contributed by atoms with Crippen LogP contribution in [0.5, 0.6) is 0 Å². The topological polar surface area (TPSA) is 32.8 Å². The van der Waals surface area contributed by atoms with Crippen molar-refractivity contribution >= 4 is 0 Å². The Bertz CT molecular complexity index is 190. The Kier molecular flexibility index (Phi) is 1.74. The third-order valence-electron chi connectivity index (χ3n) is 3.52. The van der Waals surface area contributed by atoms with Crippen molar-refractivity contribution in [3.63, 3.8) is 0 Å². The lowest BCUT2D eigenvalue weighted by atomic mass is 9.75. The highest BCUT2D eigenvalue weighted by atomic mass is 16.6. The van der Waals surface area contributed by atoms with E-state index in [-0.39, 0.29) is 17.8 Å². The molecule has 2 aliphatic rings. The molecular weight excluding hydrogens is 152 g/mol. The molecule has 0 spiro atoms. The maximum atomic E-state index is 9.89. The summed E-state index contributed by atoms with van der Waals surface area (Å²) in [5, 5.41) is 9.89. The summed E-state index contributed by atoms with van der Waals surface area (Å²) in [7, 11) is 0. The van der Waals surface area contributed by atoms with Gasteiger partial charge in [-0.1, -0.05) is 13.8 Å². The van der Waals surface area contributed by atoms with Crippen LogP contribution in [-0.4, -0.2) is 22.9 Å². The van der Waals surface area contributed by atoms with Gasteiger partial charge in [0.15, 0.2) is 0 Å². The third kappa shape index (κ3) is 1.09. The lowest BCUT2D eigenvalue weighted by molar-refractivity contribution is 0.0442. The summed E-state index contributed by atoms with van der Waals surface area (Å²) in [5.41, 5.74) is 0.0325. The molecule has 0 amide bonds. The smallest absolute Gasteiger partial charge is 0.113 e. The van der Waals surface area contributed by atoms with E-state index in [0.717, 1.165) is 12.8 Å². The summed E-state index contributed by atoms with van der Waals surface area (Å²) in [6.07, 6.45) is 2.16. The maximum Gasteiger partial charge on any atom is 0.113 e. The number of epoxide rings is 1. The lowest BCUT2D eigenvalue weighted by Gasteiger charge is -2.30. The normalized spacial score (nSPS) is 52.2. The zero-order chi connectivity index (χ0) is 8.93. The van der Waals surface area contributed by atoms with Crippen LogP contribution in [0.15, 0.2) is 0 Å². The Balaban J connectivity index is 2.04. The van der Waals surface area contributed by atoms with E-state index in [4.69, 9.17) is 4.74 Å². The molecule has 2 nitrogen and oxygen atoms in total. The Morgan fingerprint density at radius 3 is 2.75 bits per heavy atom. The van der Waals surface area contributed by atoms with Crippen LogP contribution in [0.4, 0.5) is 0 Å². The number of aliphatic hydroxyl groups excluding tert-OH is 1. The number of ether oxygens (including phenoxy) is 1. The molecule has 4 atom stereocenters. The van der Waals surface area contributed by atoms with E-state index >= 15 is 0 Å². The number of hydrogen-bond donors (Lipinski definition) is 1. The summed E-state index contributed by atoms with van der Waals surface area (Å²) < 4.78 is 5.51. The molecule has 0 aromatic rings. The summed E-state index contributed by atoms with van der Waals surface area (Å²) in [6, 6.07) is 0. The monoisotopic (exact) mass is 170 g/mol. The second-order valence-electron chi connectivity index (χ2n) is 4.79. The molecule has 12 heavy (non-hydrogen) atoms. The first-order chi connectivity index (χ1) is 5.54. The molecule has 0 radical (unpaired) electrons. The Morgan fingerprint density at radius 2 is 2.17 bits per heavy atom. The molecule has 2 heteroatoms. The van der Waals surface area contributed by atoms with Crippen molar-refractivity contribution < 1.29 is 9.84 Å². The highest BCUT2D eigenvalue weighted by Crippen LogP contribution is 2.50. The molecular formula is C10H18O2. The van der Waals surface area contributed by atoms with Gasteiger partial charge in [0.2, 0.25) is 0 Å². The molecule has 1 saturated carbocycles. The molecule has 2 unspecified atom stereocenters. The van der Waals surface area contributed by atoms with E-state index in [1.165, 1.54) is 0 Å². The van der Waals surface area contributed by atoms with Crippen molar-refractivity contribution in [1.82, 2.24) is 0 Å². The Hall–Kier alpha value is -0.0800. The second kappa shape index (κ2) is 2.46. The average molecular weight is 170 g/mol. The van der Waals surface area contributed by atoms with Crippen molar-refractivity contribution in [3.8, 4) is 0 Å². The molecule has 0 aromatic heterocycles. The molecule has 1 aliphatic heterocycles. The van der Waals surface area contributed by atoms with Crippen LogP contribution in [0.25, 0.3) is 0 Å². The van der Waals surface area contributed by atoms with Crippen LogP contribution < -0.4 is 0 Å². The Labute approximate surface area is 73.9 Å². The summed E-state index contributed by atoms with van der Waals surface area (Å²) >= 11 is 0.